The third-order valence-electron chi connectivity index (χ3n) is 6.33. The van der Waals surface area contributed by atoms with Crippen molar-refractivity contribution >= 4 is 23.1 Å². The Balaban J connectivity index is -0.000000264. The van der Waals surface area contributed by atoms with Crippen LogP contribution in [-0.2, 0) is 12.8 Å². The molecule has 276 valence electrons. The Bertz CT molecular complexity index is 1380. The molecule has 0 aliphatic heterocycles. The van der Waals surface area contributed by atoms with Crippen LogP contribution in [0.2, 0.25) is 0 Å². The molecular formula is C44H66N2O4. The van der Waals surface area contributed by atoms with Crippen LogP contribution in [0.1, 0.15) is 133 Å². The lowest BCUT2D eigenvalue weighted by molar-refractivity contribution is 0.100. The molecule has 0 heterocycles. The van der Waals surface area contributed by atoms with Crippen LogP contribution in [0.4, 0.5) is 0 Å². The van der Waals surface area contributed by atoms with Crippen LogP contribution in [0.25, 0.3) is 0 Å². The van der Waals surface area contributed by atoms with Gasteiger partial charge in [0.15, 0.2) is 23.1 Å². The van der Waals surface area contributed by atoms with Crippen LogP contribution in [0.3, 0.4) is 0 Å². The molecule has 0 fully saturated rings. The third kappa shape index (κ3) is 25.5. The van der Waals surface area contributed by atoms with E-state index in [-0.39, 0.29) is 23.1 Å². The van der Waals surface area contributed by atoms with Gasteiger partial charge in [-0.15, -0.1) is 0 Å². The summed E-state index contributed by atoms with van der Waals surface area (Å²) in [4.78, 5) is 43.4. The number of ketones is 4. The molecule has 0 unspecified atom stereocenters. The summed E-state index contributed by atoms with van der Waals surface area (Å²) in [5, 5.41) is 0. The zero-order chi connectivity index (χ0) is 39.7. The van der Waals surface area contributed by atoms with Crippen LogP contribution in [0, 0.1) is 13.8 Å². The summed E-state index contributed by atoms with van der Waals surface area (Å²) >= 11 is 0. The summed E-state index contributed by atoms with van der Waals surface area (Å²) in [6.45, 7) is 22.5. The maximum absolute atomic E-state index is 10.9. The highest BCUT2D eigenvalue weighted by atomic mass is 16.1. The molecule has 0 saturated carbocycles. The van der Waals surface area contributed by atoms with E-state index in [1.54, 1.807) is 27.7 Å². The predicted molar refractivity (Wildman–Crippen MR) is 217 cm³/mol. The summed E-state index contributed by atoms with van der Waals surface area (Å²) in [5.41, 5.74) is 16.9. The fourth-order valence-corrected chi connectivity index (χ4v) is 3.75. The van der Waals surface area contributed by atoms with Crippen molar-refractivity contribution in [1.29, 1.82) is 0 Å². The van der Waals surface area contributed by atoms with Gasteiger partial charge in [0, 0.05) is 22.3 Å². The van der Waals surface area contributed by atoms with E-state index >= 15 is 0 Å². The second kappa shape index (κ2) is 34.3. The smallest absolute Gasteiger partial charge is 0.159 e. The molecule has 4 rings (SSSR count). The van der Waals surface area contributed by atoms with Gasteiger partial charge in [0.1, 0.15) is 0 Å². The number of aryl methyl sites for hydroxylation is 4. The van der Waals surface area contributed by atoms with Gasteiger partial charge in [0.05, 0.1) is 0 Å². The fraction of sp³-hybridized carbons (Fsp3) is 0.364. The van der Waals surface area contributed by atoms with E-state index < -0.39 is 0 Å². The Hall–Kier alpha value is -4.52. The zero-order valence-corrected chi connectivity index (χ0v) is 33.4. The number of rotatable bonds is 6. The van der Waals surface area contributed by atoms with Gasteiger partial charge in [0.2, 0.25) is 0 Å². The largest absolute Gasteiger partial charge is 0.333 e. The van der Waals surface area contributed by atoms with Crippen LogP contribution < -0.4 is 11.5 Å². The zero-order valence-electron chi connectivity index (χ0n) is 33.4. The van der Waals surface area contributed by atoms with Crippen molar-refractivity contribution in [3.63, 3.8) is 0 Å². The molecule has 4 aromatic carbocycles. The minimum absolute atomic E-state index is 0.128. The molecular weight excluding hydrogens is 620 g/mol. The van der Waals surface area contributed by atoms with Gasteiger partial charge in [-0.25, -0.2) is 0 Å². The number of hydrogen-bond acceptors (Lipinski definition) is 6. The number of hydrogen-bond donors (Lipinski definition) is 2. The summed E-state index contributed by atoms with van der Waals surface area (Å²) in [5.74, 6) is 0.535. The highest BCUT2D eigenvalue weighted by molar-refractivity contribution is 5.95. The van der Waals surface area contributed by atoms with Gasteiger partial charge in [-0.3, -0.25) is 19.2 Å². The molecule has 0 atom stereocenters. The minimum Gasteiger partial charge on any atom is -0.333 e. The summed E-state index contributed by atoms with van der Waals surface area (Å²) in [6, 6.07) is 30.7. The number of nitrogens with two attached hydrogens (primary N) is 2. The maximum Gasteiger partial charge on any atom is 0.159 e. The minimum atomic E-state index is 0.128. The fourth-order valence-electron chi connectivity index (χ4n) is 3.75. The van der Waals surface area contributed by atoms with Gasteiger partial charge < -0.3 is 11.5 Å². The van der Waals surface area contributed by atoms with Crippen molar-refractivity contribution in [3.8, 4) is 0 Å². The average molecular weight is 687 g/mol. The molecule has 0 amide bonds. The quantitative estimate of drug-likeness (QED) is 0.195. The second-order valence-electron chi connectivity index (χ2n) is 10.1. The van der Waals surface area contributed by atoms with Gasteiger partial charge in [-0.1, -0.05) is 125 Å². The van der Waals surface area contributed by atoms with E-state index in [1.165, 1.54) is 25.2 Å². The molecule has 0 saturated heterocycles. The molecule has 6 heteroatoms. The molecule has 0 radical (unpaired) electrons. The van der Waals surface area contributed by atoms with Gasteiger partial charge in [-0.2, -0.15) is 0 Å². The van der Waals surface area contributed by atoms with E-state index in [1.807, 2.05) is 139 Å². The molecule has 6 nitrogen and oxygen atoms in total. The van der Waals surface area contributed by atoms with Crippen molar-refractivity contribution in [2.24, 2.45) is 11.5 Å². The SMILES string of the molecule is CC.CC.CC(=O)c1cccc(C)c1.CC(=O)c1cccc(C)c1.CCc1cccc(C(C)=O)c1.CCc1cccc(C(C)=O)c1.CN.CN. The first-order chi connectivity index (χ1) is 23.9. The Morgan fingerprint density at radius 1 is 0.420 bits per heavy atom. The topological polar surface area (TPSA) is 120 Å². The average Bonchev–Trinajstić information content (AvgIpc) is 3.15. The van der Waals surface area contributed by atoms with Crippen LogP contribution in [0.15, 0.2) is 97.1 Å². The number of carbonyl (C=O) groups is 4. The first kappa shape index (κ1) is 52.3. The maximum atomic E-state index is 10.9. The first-order valence-electron chi connectivity index (χ1n) is 17.4. The summed E-state index contributed by atoms with van der Waals surface area (Å²) < 4.78 is 0. The van der Waals surface area contributed by atoms with Crippen LogP contribution in [-0.4, -0.2) is 37.2 Å². The van der Waals surface area contributed by atoms with E-state index in [0.717, 1.165) is 46.2 Å². The van der Waals surface area contributed by atoms with Crippen molar-refractivity contribution in [2.75, 3.05) is 14.1 Å². The standard InChI is InChI=1S/2C10H12O.2C9H10O.2C2H6.2CH5N/c2*1-3-9-5-4-6-10(7-9)8(2)11;2*1-7-4-3-5-9(6-7)8(2)10;4*1-2/h2*4-7H,3H2,1-2H3;2*3-6H,1-2H3;2*1-2H3;2*2H2,1H3. The van der Waals surface area contributed by atoms with Crippen molar-refractivity contribution in [3.05, 3.63) is 142 Å². The predicted octanol–water partition coefficient (Wildman–Crippen LogP) is 10.5. The lowest BCUT2D eigenvalue weighted by Crippen LogP contribution is -1.92. The number of carbonyl (C=O) groups excluding carboxylic acids is 4. The molecule has 0 spiro atoms. The second-order valence-corrected chi connectivity index (χ2v) is 10.1. The normalized spacial score (nSPS) is 8.48. The Morgan fingerprint density at radius 3 is 0.820 bits per heavy atom. The number of benzene rings is 4. The Morgan fingerprint density at radius 2 is 0.640 bits per heavy atom. The number of Topliss-reactive ketones (excluding diaryl/α,β-unsaturated/α-hetero) is 4. The van der Waals surface area contributed by atoms with Crippen molar-refractivity contribution in [2.45, 2.75) is 95.9 Å². The third-order valence-corrected chi connectivity index (χ3v) is 6.33. The van der Waals surface area contributed by atoms with E-state index in [2.05, 4.69) is 25.3 Å². The summed E-state index contributed by atoms with van der Waals surface area (Å²) in [7, 11) is 3.00. The molecule has 0 aromatic heterocycles. The molecule has 0 bridgehead atoms. The lowest BCUT2D eigenvalue weighted by Gasteiger charge is -1.98. The molecule has 4 aromatic rings. The molecule has 0 aliphatic rings. The van der Waals surface area contributed by atoms with Crippen LogP contribution in [0.5, 0.6) is 0 Å². The molecule has 4 N–H and O–H groups in total. The first-order valence-corrected chi connectivity index (χ1v) is 17.4. The molecule has 50 heavy (non-hydrogen) atoms. The highest BCUT2D eigenvalue weighted by Crippen LogP contribution is 2.07. The lowest BCUT2D eigenvalue weighted by atomic mass is 10.1. The van der Waals surface area contributed by atoms with E-state index in [9.17, 15) is 19.2 Å². The Kier molecular flexibility index (Phi) is 35.9. The van der Waals surface area contributed by atoms with Gasteiger partial charge in [-0.05, 0) is 104 Å². The molecule has 0 aliphatic carbocycles. The van der Waals surface area contributed by atoms with Crippen LogP contribution >= 0.6 is 0 Å². The van der Waals surface area contributed by atoms with Crippen molar-refractivity contribution in [1.82, 2.24) is 0 Å². The van der Waals surface area contributed by atoms with Gasteiger partial charge >= 0.3 is 0 Å². The van der Waals surface area contributed by atoms with Crippen molar-refractivity contribution < 1.29 is 19.2 Å². The van der Waals surface area contributed by atoms with E-state index in [4.69, 9.17) is 0 Å². The highest BCUT2D eigenvalue weighted by Gasteiger charge is 1.99. The van der Waals surface area contributed by atoms with Gasteiger partial charge in [0.25, 0.3) is 0 Å². The van der Waals surface area contributed by atoms with E-state index in [0.29, 0.717) is 0 Å². The Labute approximate surface area is 304 Å². The summed E-state index contributed by atoms with van der Waals surface area (Å²) in [6.07, 6.45) is 1.97. The monoisotopic (exact) mass is 687 g/mol.